The highest BCUT2D eigenvalue weighted by Crippen LogP contribution is 2.54. The molecule has 0 atom stereocenters. The normalized spacial score (nSPS) is 25.3. The number of carbonyl (C=O) groups is 1. The summed E-state index contributed by atoms with van der Waals surface area (Å²) in [4.78, 5) is 26.6. The lowest BCUT2D eigenvalue weighted by atomic mass is 9.85. The number of carbonyl (C=O) groups excluding carboxylic acids is 1. The average Bonchev–Trinajstić information content (AvgIpc) is 3.35. The van der Waals surface area contributed by atoms with Crippen molar-refractivity contribution in [2.24, 2.45) is 16.5 Å². The number of alkyl halides is 3. The number of halogens is 3. The SMILES string of the molecule is CNc1cc(N2CCC3(CC3)C2)c(C(=O)NC2CCC(C(F)(F)F)CC2)cc1N=O. The maximum atomic E-state index is 13.1. The largest absolute Gasteiger partial charge is 0.391 e. The summed E-state index contributed by atoms with van der Waals surface area (Å²) < 4.78 is 38.7. The lowest BCUT2D eigenvalue weighted by molar-refractivity contribution is -0.182. The molecule has 0 aromatic heterocycles. The van der Waals surface area contributed by atoms with Crippen molar-refractivity contribution in [3.8, 4) is 0 Å². The zero-order valence-corrected chi connectivity index (χ0v) is 17.0. The predicted octanol–water partition coefficient (Wildman–Crippen LogP) is 4.97. The minimum Gasteiger partial charge on any atom is -0.386 e. The van der Waals surface area contributed by atoms with Gasteiger partial charge in [-0.3, -0.25) is 4.79 Å². The van der Waals surface area contributed by atoms with Gasteiger partial charge in [0.05, 0.1) is 22.9 Å². The maximum absolute atomic E-state index is 13.1. The van der Waals surface area contributed by atoms with Crippen molar-refractivity contribution in [3.05, 3.63) is 22.6 Å². The first-order valence-electron chi connectivity index (χ1n) is 10.6. The highest BCUT2D eigenvalue weighted by molar-refractivity contribution is 6.02. The minimum atomic E-state index is -4.18. The predicted molar refractivity (Wildman–Crippen MR) is 109 cm³/mol. The van der Waals surface area contributed by atoms with Crippen LogP contribution in [-0.2, 0) is 0 Å². The van der Waals surface area contributed by atoms with E-state index >= 15 is 0 Å². The van der Waals surface area contributed by atoms with E-state index < -0.39 is 12.1 Å². The Balaban J connectivity index is 1.53. The zero-order chi connectivity index (χ0) is 21.5. The van der Waals surface area contributed by atoms with E-state index in [4.69, 9.17) is 0 Å². The van der Waals surface area contributed by atoms with Crippen LogP contribution < -0.4 is 15.5 Å². The third kappa shape index (κ3) is 4.11. The van der Waals surface area contributed by atoms with E-state index in [0.717, 1.165) is 25.2 Å². The second-order valence-electron chi connectivity index (χ2n) is 8.96. The fraction of sp³-hybridized carbons (Fsp3) is 0.667. The molecule has 2 aliphatic carbocycles. The highest BCUT2D eigenvalue weighted by Gasteiger charge is 2.48. The number of nitrogens with zero attached hydrogens (tertiary/aromatic N) is 2. The number of rotatable bonds is 5. The van der Waals surface area contributed by atoms with Crippen LogP contribution in [0.15, 0.2) is 17.3 Å². The molecule has 3 aliphatic rings. The lowest BCUT2D eigenvalue weighted by Gasteiger charge is -2.31. The molecule has 1 amide bonds. The van der Waals surface area contributed by atoms with Gasteiger partial charge < -0.3 is 15.5 Å². The monoisotopic (exact) mass is 424 g/mol. The summed E-state index contributed by atoms with van der Waals surface area (Å²) in [6.45, 7) is 1.72. The molecule has 1 saturated heterocycles. The van der Waals surface area contributed by atoms with Gasteiger partial charge in [-0.25, -0.2) is 0 Å². The van der Waals surface area contributed by atoms with Crippen molar-refractivity contribution >= 4 is 23.0 Å². The van der Waals surface area contributed by atoms with Crippen LogP contribution in [0.25, 0.3) is 0 Å². The average molecular weight is 424 g/mol. The summed E-state index contributed by atoms with van der Waals surface area (Å²) in [7, 11) is 1.69. The molecule has 1 aromatic carbocycles. The smallest absolute Gasteiger partial charge is 0.386 e. The standard InChI is InChI=1S/C21H27F3N4O2/c1-25-16-11-18(28-9-8-20(12-28)6-7-20)15(10-17(16)27-30)19(29)26-14-4-2-13(3-5-14)21(22,23)24/h10-11,13-14,25H,2-9,12H2,1H3,(H,26,29). The molecule has 0 bridgehead atoms. The van der Waals surface area contributed by atoms with Crippen LogP contribution in [0.3, 0.4) is 0 Å². The molecule has 1 spiro atoms. The third-order valence-electron chi connectivity index (χ3n) is 6.99. The first-order chi connectivity index (χ1) is 14.2. The van der Waals surface area contributed by atoms with Crippen LogP contribution in [0.5, 0.6) is 0 Å². The lowest BCUT2D eigenvalue weighted by Crippen LogP contribution is -2.40. The van der Waals surface area contributed by atoms with Gasteiger partial charge in [0.15, 0.2) is 0 Å². The Morgan fingerprint density at radius 2 is 1.87 bits per heavy atom. The molecule has 9 heteroatoms. The van der Waals surface area contributed by atoms with E-state index in [0.29, 0.717) is 29.5 Å². The Bertz CT molecular complexity index is 830. The van der Waals surface area contributed by atoms with Crippen LogP contribution in [0.4, 0.5) is 30.2 Å². The van der Waals surface area contributed by atoms with Crippen LogP contribution in [0, 0.1) is 16.2 Å². The molecule has 2 N–H and O–H groups in total. The van der Waals surface area contributed by atoms with E-state index in [-0.39, 0.29) is 30.5 Å². The Labute approximate surface area is 173 Å². The van der Waals surface area contributed by atoms with Crippen molar-refractivity contribution in [1.29, 1.82) is 0 Å². The molecule has 1 heterocycles. The van der Waals surface area contributed by atoms with Crippen molar-refractivity contribution < 1.29 is 18.0 Å². The molecule has 6 nitrogen and oxygen atoms in total. The van der Waals surface area contributed by atoms with Crippen LogP contribution in [0.1, 0.15) is 55.3 Å². The van der Waals surface area contributed by atoms with Gasteiger partial charge in [0.25, 0.3) is 5.91 Å². The summed E-state index contributed by atoms with van der Waals surface area (Å²) in [5, 5.41) is 8.89. The fourth-order valence-corrected chi connectivity index (χ4v) is 4.85. The quantitative estimate of drug-likeness (QED) is 0.655. The Morgan fingerprint density at radius 3 is 2.40 bits per heavy atom. The van der Waals surface area contributed by atoms with E-state index in [9.17, 15) is 22.9 Å². The molecule has 30 heavy (non-hydrogen) atoms. The molecular weight excluding hydrogens is 397 g/mol. The number of anilines is 2. The van der Waals surface area contributed by atoms with Gasteiger partial charge in [0.2, 0.25) is 0 Å². The fourth-order valence-electron chi connectivity index (χ4n) is 4.85. The summed E-state index contributed by atoms with van der Waals surface area (Å²) in [6, 6.07) is 2.98. The van der Waals surface area contributed by atoms with Crippen LogP contribution in [0.2, 0.25) is 0 Å². The molecule has 2 saturated carbocycles. The Kier molecular flexibility index (Phi) is 5.40. The van der Waals surface area contributed by atoms with Crippen molar-refractivity contribution in [2.45, 2.75) is 57.2 Å². The van der Waals surface area contributed by atoms with Crippen LogP contribution in [-0.4, -0.2) is 38.3 Å². The van der Waals surface area contributed by atoms with Gasteiger partial charge in [-0.15, -0.1) is 4.91 Å². The van der Waals surface area contributed by atoms with Gasteiger partial charge >= 0.3 is 6.18 Å². The summed E-state index contributed by atoms with van der Waals surface area (Å²) in [6.07, 6.45) is -0.0641. The number of amides is 1. The minimum absolute atomic E-state index is 0.0236. The maximum Gasteiger partial charge on any atom is 0.391 e. The number of nitroso groups, excluding NO2 is 1. The molecule has 4 rings (SSSR count). The van der Waals surface area contributed by atoms with E-state index in [1.165, 1.54) is 18.9 Å². The third-order valence-corrected chi connectivity index (χ3v) is 6.99. The summed E-state index contributed by atoms with van der Waals surface area (Å²) >= 11 is 0. The Morgan fingerprint density at radius 1 is 1.17 bits per heavy atom. The molecule has 0 radical (unpaired) electrons. The van der Waals surface area contributed by atoms with E-state index in [2.05, 4.69) is 20.7 Å². The molecule has 1 aliphatic heterocycles. The van der Waals surface area contributed by atoms with Gasteiger partial charge in [-0.2, -0.15) is 13.2 Å². The van der Waals surface area contributed by atoms with Crippen LogP contribution >= 0.6 is 0 Å². The molecular formula is C21H27F3N4O2. The second-order valence-corrected chi connectivity index (χ2v) is 8.96. The van der Waals surface area contributed by atoms with Gasteiger partial charge in [-0.1, -0.05) is 0 Å². The van der Waals surface area contributed by atoms with E-state index in [1.54, 1.807) is 13.1 Å². The topological polar surface area (TPSA) is 73.8 Å². The number of hydrogen-bond acceptors (Lipinski definition) is 5. The first kappa shape index (κ1) is 20.9. The van der Waals surface area contributed by atoms with Crippen molar-refractivity contribution in [3.63, 3.8) is 0 Å². The Hall–Kier alpha value is -2.32. The molecule has 0 unspecified atom stereocenters. The summed E-state index contributed by atoms with van der Waals surface area (Å²) in [5.74, 6) is -1.65. The number of benzene rings is 1. The summed E-state index contributed by atoms with van der Waals surface area (Å²) in [5.41, 5.74) is 2.16. The number of nitrogens with one attached hydrogen (secondary N) is 2. The second kappa shape index (κ2) is 7.74. The van der Waals surface area contributed by atoms with Gasteiger partial charge in [0.1, 0.15) is 5.69 Å². The van der Waals surface area contributed by atoms with Crippen molar-refractivity contribution in [1.82, 2.24) is 5.32 Å². The van der Waals surface area contributed by atoms with Gasteiger partial charge in [-0.05, 0) is 67.7 Å². The van der Waals surface area contributed by atoms with E-state index in [1.807, 2.05) is 0 Å². The number of hydrogen-bond donors (Lipinski definition) is 2. The van der Waals surface area contributed by atoms with Gasteiger partial charge in [0, 0.05) is 26.2 Å². The highest BCUT2D eigenvalue weighted by atomic mass is 19.4. The van der Waals surface area contributed by atoms with Crippen molar-refractivity contribution in [2.75, 3.05) is 30.4 Å². The molecule has 3 fully saturated rings. The molecule has 1 aromatic rings. The molecule has 164 valence electrons. The zero-order valence-electron chi connectivity index (χ0n) is 17.0. The first-order valence-corrected chi connectivity index (χ1v) is 10.6.